The van der Waals surface area contributed by atoms with Crippen LogP contribution in [0.3, 0.4) is 0 Å². The summed E-state index contributed by atoms with van der Waals surface area (Å²) in [5, 5.41) is 4.16. The maximum absolute atomic E-state index is 6.14. The zero-order valence-electron chi connectivity index (χ0n) is 16.4. The number of hydrogen-bond acceptors (Lipinski definition) is 4. The monoisotopic (exact) mass is 475 g/mol. The third-order valence-electron chi connectivity index (χ3n) is 4.45. The number of halogens is 2. The highest BCUT2D eigenvalue weighted by Crippen LogP contribution is 2.37. The Morgan fingerprint density at radius 3 is 2.38 bits per heavy atom. The van der Waals surface area contributed by atoms with E-state index in [0.29, 0.717) is 29.7 Å². The highest BCUT2D eigenvalue weighted by molar-refractivity contribution is 9.10. The molecule has 0 saturated heterocycles. The first-order valence-corrected chi connectivity index (χ1v) is 10.3. The predicted octanol–water partition coefficient (Wildman–Crippen LogP) is 5.99. The molecule has 3 rings (SSSR count). The molecule has 3 aromatic carbocycles. The smallest absolute Gasteiger partial charge is 0.167 e. The van der Waals surface area contributed by atoms with E-state index in [1.165, 1.54) is 5.56 Å². The topological polar surface area (TPSA) is 39.7 Å². The number of methoxy groups -OCH3 is 2. The van der Waals surface area contributed by atoms with Gasteiger partial charge in [-0.15, -0.1) is 0 Å². The van der Waals surface area contributed by atoms with Crippen LogP contribution in [0.4, 0.5) is 0 Å². The molecule has 4 nitrogen and oxygen atoms in total. The fourth-order valence-electron chi connectivity index (χ4n) is 2.92. The summed E-state index contributed by atoms with van der Waals surface area (Å²) in [6.45, 7) is 1.74. The number of hydrogen-bond donors (Lipinski definition) is 1. The van der Waals surface area contributed by atoms with Gasteiger partial charge in [-0.05, 0) is 47.5 Å². The Kier molecular flexibility index (Phi) is 7.81. The number of benzene rings is 3. The van der Waals surface area contributed by atoms with Crippen molar-refractivity contribution in [1.82, 2.24) is 5.32 Å². The summed E-state index contributed by atoms with van der Waals surface area (Å²) < 4.78 is 17.8. The summed E-state index contributed by atoms with van der Waals surface area (Å²) in [6, 6.07) is 19.5. The van der Waals surface area contributed by atoms with Crippen molar-refractivity contribution in [2.24, 2.45) is 0 Å². The first kappa shape index (κ1) is 21.5. The van der Waals surface area contributed by atoms with E-state index in [4.69, 9.17) is 25.8 Å². The van der Waals surface area contributed by atoms with Gasteiger partial charge >= 0.3 is 0 Å². The lowest BCUT2D eigenvalue weighted by Gasteiger charge is -2.17. The quantitative estimate of drug-likeness (QED) is 0.412. The normalized spacial score (nSPS) is 10.6. The lowest BCUT2D eigenvalue weighted by molar-refractivity contribution is 0.280. The SMILES string of the molecule is COc1ccc(CNCc2c(Br)ccc(OC)c2OCc2cccc(Cl)c2)cc1. The molecular weight excluding hydrogens is 454 g/mol. The van der Waals surface area contributed by atoms with Crippen molar-refractivity contribution >= 4 is 27.5 Å². The summed E-state index contributed by atoms with van der Waals surface area (Å²) in [5.41, 5.74) is 3.17. The van der Waals surface area contributed by atoms with E-state index in [1.54, 1.807) is 14.2 Å². The molecule has 0 heterocycles. The molecule has 3 aromatic rings. The molecule has 0 bridgehead atoms. The van der Waals surface area contributed by atoms with Crippen molar-refractivity contribution in [3.8, 4) is 17.2 Å². The van der Waals surface area contributed by atoms with Crippen molar-refractivity contribution in [3.63, 3.8) is 0 Å². The molecule has 0 spiro atoms. The van der Waals surface area contributed by atoms with Crippen LogP contribution in [-0.2, 0) is 19.7 Å². The van der Waals surface area contributed by atoms with Crippen LogP contribution in [0.1, 0.15) is 16.7 Å². The summed E-state index contributed by atoms with van der Waals surface area (Å²) in [6.07, 6.45) is 0. The van der Waals surface area contributed by atoms with Crippen LogP contribution in [0, 0.1) is 0 Å². The van der Waals surface area contributed by atoms with Gasteiger partial charge in [0.25, 0.3) is 0 Å². The van der Waals surface area contributed by atoms with Crippen molar-refractivity contribution in [2.75, 3.05) is 14.2 Å². The molecule has 0 unspecified atom stereocenters. The van der Waals surface area contributed by atoms with Crippen molar-refractivity contribution < 1.29 is 14.2 Å². The van der Waals surface area contributed by atoms with Gasteiger partial charge in [0.1, 0.15) is 12.4 Å². The highest BCUT2D eigenvalue weighted by atomic mass is 79.9. The minimum atomic E-state index is 0.402. The molecule has 0 saturated carbocycles. The third-order valence-corrected chi connectivity index (χ3v) is 5.43. The Balaban J connectivity index is 1.72. The average molecular weight is 477 g/mol. The maximum Gasteiger partial charge on any atom is 0.167 e. The summed E-state index contributed by atoms with van der Waals surface area (Å²) in [4.78, 5) is 0. The second kappa shape index (κ2) is 10.5. The molecule has 0 radical (unpaired) electrons. The first-order chi connectivity index (χ1) is 14.1. The highest BCUT2D eigenvalue weighted by Gasteiger charge is 2.15. The summed E-state index contributed by atoms with van der Waals surface area (Å²) in [5.74, 6) is 2.25. The van der Waals surface area contributed by atoms with Gasteiger partial charge in [0.15, 0.2) is 11.5 Å². The van der Waals surface area contributed by atoms with Crippen molar-refractivity contribution in [3.05, 3.63) is 86.8 Å². The van der Waals surface area contributed by atoms with Crippen LogP contribution in [0.15, 0.2) is 65.1 Å². The van der Waals surface area contributed by atoms with Crippen LogP contribution >= 0.6 is 27.5 Å². The average Bonchev–Trinajstić information content (AvgIpc) is 2.74. The molecule has 0 aliphatic carbocycles. The molecule has 0 atom stereocenters. The van der Waals surface area contributed by atoms with E-state index < -0.39 is 0 Å². The molecule has 152 valence electrons. The van der Waals surface area contributed by atoms with E-state index in [0.717, 1.165) is 27.9 Å². The Hall–Kier alpha value is -2.21. The maximum atomic E-state index is 6.14. The van der Waals surface area contributed by atoms with Crippen LogP contribution in [0.5, 0.6) is 17.2 Å². The lowest BCUT2D eigenvalue weighted by Crippen LogP contribution is -2.14. The van der Waals surface area contributed by atoms with Gasteiger partial charge < -0.3 is 19.5 Å². The van der Waals surface area contributed by atoms with E-state index in [9.17, 15) is 0 Å². The Labute approximate surface area is 184 Å². The largest absolute Gasteiger partial charge is 0.497 e. The Morgan fingerprint density at radius 2 is 1.69 bits per heavy atom. The van der Waals surface area contributed by atoms with Gasteiger partial charge in [-0.1, -0.05) is 51.8 Å². The molecule has 0 aromatic heterocycles. The number of rotatable bonds is 9. The second-order valence-electron chi connectivity index (χ2n) is 6.43. The fourth-order valence-corrected chi connectivity index (χ4v) is 3.59. The Bertz CT molecular complexity index is 947. The molecule has 0 amide bonds. The fraction of sp³-hybridized carbons (Fsp3) is 0.217. The molecule has 0 fully saturated rings. The summed E-state index contributed by atoms with van der Waals surface area (Å²) in [7, 11) is 3.31. The molecule has 0 aliphatic rings. The van der Waals surface area contributed by atoms with Crippen molar-refractivity contribution in [1.29, 1.82) is 0 Å². The van der Waals surface area contributed by atoms with Gasteiger partial charge in [0, 0.05) is 28.1 Å². The van der Waals surface area contributed by atoms with Crippen LogP contribution < -0.4 is 19.5 Å². The summed E-state index contributed by atoms with van der Waals surface area (Å²) >= 11 is 9.72. The third kappa shape index (κ3) is 5.89. The molecule has 6 heteroatoms. The van der Waals surface area contributed by atoms with Gasteiger partial charge in [-0.2, -0.15) is 0 Å². The molecule has 1 N–H and O–H groups in total. The minimum absolute atomic E-state index is 0.402. The van der Waals surface area contributed by atoms with Crippen LogP contribution in [0.2, 0.25) is 5.02 Å². The van der Waals surface area contributed by atoms with Gasteiger partial charge in [-0.3, -0.25) is 0 Å². The van der Waals surface area contributed by atoms with E-state index in [2.05, 4.69) is 21.2 Å². The molecule has 29 heavy (non-hydrogen) atoms. The van der Waals surface area contributed by atoms with Crippen LogP contribution in [-0.4, -0.2) is 14.2 Å². The van der Waals surface area contributed by atoms with E-state index in [-0.39, 0.29) is 0 Å². The minimum Gasteiger partial charge on any atom is -0.497 e. The van der Waals surface area contributed by atoms with E-state index in [1.807, 2.05) is 60.7 Å². The zero-order chi connectivity index (χ0) is 20.6. The van der Waals surface area contributed by atoms with E-state index >= 15 is 0 Å². The molecule has 0 aliphatic heterocycles. The second-order valence-corrected chi connectivity index (χ2v) is 7.72. The first-order valence-electron chi connectivity index (χ1n) is 9.17. The number of ether oxygens (including phenoxy) is 3. The number of nitrogens with one attached hydrogen (secondary N) is 1. The Morgan fingerprint density at radius 1 is 0.897 bits per heavy atom. The van der Waals surface area contributed by atoms with Gasteiger partial charge in [0.05, 0.1) is 14.2 Å². The van der Waals surface area contributed by atoms with Crippen LogP contribution in [0.25, 0.3) is 0 Å². The standard InChI is InChI=1S/C23H23BrClNO3/c1-27-19-8-6-16(7-9-19)13-26-14-20-21(24)10-11-22(28-2)23(20)29-15-17-4-3-5-18(25)12-17/h3-12,26H,13-15H2,1-2H3. The lowest BCUT2D eigenvalue weighted by atomic mass is 10.1. The zero-order valence-corrected chi connectivity index (χ0v) is 18.7. The van der Waals surface area contributed by atoms with Crippen molar-refractivity contribution in [2.45, 2.75) is 19.7 Å². The van der Waals surface area contributed by atoms with Gasteiger partial charge in [0.2, 0.25) is 0 Å². The van der Waals surface area contributed by atoms with Gasteiger partial charge in [-0.25, -0.2) is 0 Å². The molecular formula is C23H23BrClNO3. The predicted molar refractivity (Wildman–Crippen MR) is 120 cm³/mol.